The SMILES string of the molecule is Fc1cc(-c2ccc3ccccc3c2)ccc1N(c1ccccc1)c1ccc2ccc3c(N(c4ccccc4)c4ccc(-c5ccc6ccccc6c5)cc4F)ccc4ccc1c2c43. The van der Waals surface area contributed by atoms with Gasteiger partial charge in [0.15, 0.2) is 0 Å². The van der Waals surface area contributed by atoms with Crippen molar-refractivity contribution >= 4 is 88.0 Å². The number of para-hydroxylation sites is 2. The van der Waals surface area contributed by atoms with E-state index < -0.39 is 0 Å². The number of fused-ring (bicyclic) bond motifs is 2. The molecule has 302 valence electrons. The van der Waals surface area contributed by atoms with Crippen LogP contribution in [0.5, 0.6) is 0 Å². The second kappa shape index (κ2) is 15.2. The zero-order valence-corrected chi connectivity index (χ0v) is 34.6. The lowest BCUT2D eigenvalue weighted by atomic mass is 9.91. The first kappa shape index (κ1) is 37.4. The molecule has 0 heterocycles. The molecule has 0 N–H and O–H groups in total. The van der Waals surface area contributed by atoms with Gasteiger partial charge in [0.05, 0.1) is 22.7 Å². The zero-order valence-electron chi connectivity index (χ0n) is 34.6. The summed E-state index contributed by atoms with van der Waals surface area (Å²) in [5.41, 5.74) is 7.82. The van der Waals surface area contributed by atoms with Gasteiger partial charge in [-0.15, -0.1) is 0 Å². The van der Waals surface area contributed by atoms with Gasteiger partial charge in [-0.3, -0.25) is 0 Å². The van der Waals surface area contributed by atoms with Crippen LogP contribution in [0.2, 0.25) is 0 Å². The van der Waals surface area contributed by atoms with Crippen molar-refractivity contribution in [3.05, 3.63) is 242 Å². The van der Waals surface area contributed by atoms with Crippen molar-refractivity contribution in [2.75, 3.05) is 9.80 Å². The van der Waals surface area contributed by atoms with E-state index in [-0.39, 0.29) is 11.6 Å². The summed E-state index contributed by atoms with van der Waals surface area (Å²) in [4.78, 5) is 4.05. The van der Waals surface area contributed by atoms with E-state index in [1.807, 2.05) is 119 Å². The number of halogens is 2. The summed E-state index contributed by atoms with van der Waals surface area (Å²) in [7, 11) is 0. The van der Waals surface area contributed by atoms with Gasteiger partial charge in [-0.05, 0) is 138 Å². The van der Waals surface area contributed by atoms with Crippen LogP contribution < -0.4 is 9.80 Å². The highest BCUT2D eigenvalue weighted by Crippen LogP contribution is 2.48. The van der Waals surface area contributed by atoms with E-state index >= 15 is 8.78 Å². The fourth-order valence-electron chi connectivity index (χ4n) is 9.60. The minimum atomic E-state index is -0.324. The Bertz CT molecular complexity index is 3470. The average Bonchev–Trinajstić information content (AvgIpc) is 3.35. The van der Waals surface area contributed by atoms with Crippen molar-refractivity contribution in [1.29, 1.82) is 0 Å². The first-order valence-corrected chi connectivity index (χ1v) is 21.5. The average molecular weight is 825 g/mol. The predicted octanol–water partition coefficient (Wildman–Crippen LogP) is 17.4. The molecule has 0 saturated heterocycles. The molecule has 12 aromatic rings. The monoisotopic (exact) mass is 824 g/mol. The van der Waals surface area contributed by atoms with Crippen LogP contribution >= 0.6 is 0 Å². The molecular weight excluding hydrogens is 787 g/mol. The number of hydrogen-bond acceptors (Lipinski definition) is 2. The quantitative estimate of drug-likeness (QED) is 0.141. The summed E-state index contributed by atoms with van der Waals surface area (Å²) >= 11 is 0. The van der Waals surface area contributed by atoms with E-state index in [4.69, 9.17) is 0 Å². The van der Waals surface area contributed by atoms with Crippen molar-refractivity contribution in [3.8, 4) is 22.3 Å². The van der Waals surface area contributed by atoms with E-state index in [1.54, 1.807) is 12.1 Å². The van der Waals surface area contributed by atoms with Gasteiger partial charge in [0.25, 0.3) is 0 Å². The molecule has 4 heteroatoms. The number of anilines is 6. The predicted molar refractivity (Wildman–Crippen MR) is 265 cm³/mol. The molecule has 64 heavy (non-hydrogen) atoms. The van der Waals surface area contributed by atoms with Gasteiger partial charge in [-0.1, -0.05) is 158 Å². The minimum absolute atomic E-state index is 0.324. The normalized spacial score (nSPS) is 11.6. The summed E-state index contributed by atoms with van der Waals surface area (Å²) in [6, 6.07) is 77.0. The van der Waals surface area contributed by atoms with Crippen LogP contribution in [0.25, 0.3) is 76.1 Å². The highest BCUT2D eigenvalue weighted by atomic mass is 19.1. The van der Waals surface area contributed by atoms with Gasteiger partial charge in [-0.2, -0.15) is 0 Å². The lowest BCUT2D eigenvalue weighted by molar-refractivity contribution is 0.629. The Morgan fingerprint density at radius 3 is 1.00 bits per heavy atom. The topological polar surface area (TPSA) is 6.48 Å². The molecule has 0 spiro atoms. The first-order valence-electron chi connectivity index (χ1n) is 21.5. The van der Waals surface area contributed by atoms with Crippen LogP contribution in [0.1, 0.15) is 0 Å². The second-order valence-electron chi connectivity index (χ2n) is 16.4. The third-order valence-corrected chi connectivity index (χ3v) is 12.7. The van der Waals surface area contributed by atoms with Crippen LogP contribution in [0, 0.1) is 11.6 Å². The molecule has 0 aliphatic rings. The summed E-state index contributed by atoms with van der Waals surface area (Å²) < 4.78 is 33.7. The molecule has 0 radical (unpaired) electrons. The Labute approximate surface area is 369 Å². The summed E-state index contributed by atoms with van der Waals surface area (Å²) in [6.45, 7) is 0. The molecule has 0 saturated carbocycles. The van der Waals surface area contributed by atoms with E-state index in [9.17, 15) is 0 Å². The van der Waals surface area contributed by atoms with Crippen LogP contribution in [0.15, 0.2) is 231 Å². The van der Waals surface area contributed by atoms with Crippen molar-refractivity contribution < 1.29 is 8.78 Å². The second-order valence-corrected chi connectivity index (χ2v) is 16.4. The molecule has 0 aliphatic heterocycles. The molecule has 0 amide bonds. The van der Waals surface area contributed by atoms with E-state index in [2.05, 4.69) is 109 Å². The third kappa shape index (κ3) is 6.30. The van der Waals surface area contributed by atoms with Crippen LogP contribution in [-0.4, -0.2) is 0 Å². The van der Waals surface area contributed by atoms with E-state index in [0.717, 1.165) is 98.9 Å². The Morgan fingerprint density at radius 1 is 0.250 bits per heavy atom. The molecular formula is C60H38F2N2. The van der Waals surface area contributed by atoms with Crippen molar-refractivity contribution in [2.45, 2.75) is 0 Å². The maximum Gasteiger partial charge on any atom is 0.147 e. The highest BCUT2D eigenvalue weighted by Gasteiger charge is 2.24. The molecule has 0 bridgehead atoms. The van der Waals surface area contributed by atoms with Gasteiger partial charge >= 0.3 is 0 Å². The molecule has 2 nitrogen and oxygen atoms in total. The van der Waals surface area contributed by atoms with Crippen LogP contribution in [0.3, 0.4) is 0 Å². The molecule has 0 unspecified atom stereocenters. The molecule has 0 fully saturated rings. The Balaban J connectivity index is 1.01. The summed E-state index contributed by atoms with van der Waals surface area (Å²) in [6.07, 6.45) is 0. The van der Waals surface area contributed by atoms with Crippen molar-refractivity contribution in [2.24, 2.45) is 0 Å². The van der Waals surface area contributed by atoms with Crippen molar-refractivity contribution in [3.63, 3.8) is 0 Å². The number of nitrogens with zero attached hydrogens (tertiary/aromatic N) is 2. The van der Waals surface area contributed by atoms with Crippen LogP contribution in [0.4, 0.5) is 42.9 Å². The Kier molecular flexibility index (Phi) is 8.91. The number of hydrogen-bond donors (Lipinski definition) is 0. The van der Waals surface area contributed by atoms with Crippen LogP contribution in [-0.2, 0) is 0 Å². The Morgan fingerprint density at radius 2 is 0.578 bits per heavy atom. The van der Waals surface area contributed by atoms with E-state index in [0.29, 0.717) is 11.4 Å². The fraction of sp³-hybridized carbons (Fsp3) is 0. The fourth-order valence-corrected chi connectivity index (χ4v) is 9.60. The number of benzene rings is 12. The lowest BCUT2D eigenvalue weighted by Gasteiger charge is -2.29. The van der Waals surface area contributed by atoms with E-state index in [1.165, 1.54) is 0 Å². The zero-order chi connectivity index (χ0) is 42.7. The summed E-state index contributed by atoms with van der Waals surface area (Å²) in [5.74, 6) is -0.649. The molecule has 0 aliphatic carbocycles. The Hall–Kier alpha value is -8.34. The lowest BCUT2D eigenvalue weighted by Crippen LogP contribution is -2.13. The van der Waals surface area contributed by atoms with Gasteiger partial charge in [0.1, 0.15) is 11.6 Å². The minimum Gasteiger partial charge on any atom is -0.307 e. The van der Waals surface area contributed by atoms with Gasteiger partial charge < -0.3 is 9.80 Å². The largest absolute Gasteiger partial charge is 0.307 e. The van der Waals surface area contributed by atoms with Crippen molar-refractivity contribution in [1.82, 2.24) is 0 Å². The maximum absolute atomic E-state index is 16.9. The highest BCUT2D eigenvalue weighted by molar-refractivity contribution is 6.28. The molecule has 12 rings (SSSR count). The molecule has 12 aromatic carbocycles. The summed E-state index contributed by atoms with van der Waals surface area (Å²) in [5, 5.41) is 10.7. The standard InChI is InChI=1S/C60H38F2N2/c61-53-37-47(45-21-19-39-11-7-9-13-43(39)35-45)27-33-57(53)63(49-15-3-1-4-16-49)55-31-25-41-24-30-52-56(32-26-42-23-29-51(55)59(41)60(42)52)64(50-17-5-2-6-18-50)58-34-28-48(38-54(58)62)46-22-20-40-12-8-10-14-44(40)36-46/h1-38H. The maximum atomic E-state index is 16.9. The molecule has 0 aromatic heterocycles. The number of rotatable bonds is 8. The van der Waals surface area contributed by atoms with Gasteiger partial charge in [-0.25, -0.2) is 8.78 Å². The van der Waals surface area contributed by atoms with Gasteiger partial charge in [0.2, 0.25) is 0 Å². The first-order chi connectivity index (χ1) is 31.6. The third-order valence-electron chi connectivity index (χ3n) is 12.7. The smallest absolute Gasteiger partial charge is 0.147 e. The molecule has 0 atom stereocenters. The van der Waals surface area contributed by atoms with Gasteiger partial charge in [0, 0.05) is 22.1 Å².